The van der Waals surface area contributed by atoms with Crippen LogP contribution in [0.1, 0.15) is 40.0 Å². The predicted molar refractivity (Wildman–Crippen MR) is 64.7 cm³/mol. The zero-order chi connectivity index (χ0) is 12.8. The van der Waals surface area contributed by atoms with Crippen molar-refractivity contribution in [3.8, 4) is 5.40 Å². The van der Waals surface area contributed by atoms with Crippen LogP contribution in [0.4, 0.5) is 0 Å². The van der Waals surface area contributed by atoms with Gasteiger partial charge in [-0.2, -0.15) is 5.26 Å². The number of thioether (sulfide) groups is 1. The van der Waals surface area contributed by atoms with Crippen molar-refractivity contribution in [2.24, 2.45) is 22.7 Å². The fraction of sp³-hybridized carbons (Fsp3) is 0.846. The van der Waals surface area contributed by atoms with E-state index >= 15 is 0 Å². The number of carbonyl (C=O) groups is 1. The van der Waals surface area contributed by atoms with Gasteiger partial charge in [0.2, 0.25) is 0 Å². The molecule has 0 spiro atoms. The molecule has 4 atom stereocenters. The van der Waals surface area contributed by atoms with E-state index in [1.54, 1.807) is 0 Å². The number of carboxylic acid groups (broad SMARTS) is 1. The van der Waals surface area contributed by atoms with Crippen molar-refractivity contribution in [2.75, 3.05) is 0 Å². The number of rotatable bonds is 3. The molecule has 0 saturated heterocycles. The molecular formula is C13H18NO2S-. The molecule has 0 aromatic carbocycles. The Morgan fingerprint density at radius 2 is 2.18 bits per heavy atom. The van der Waals surface area contributed by atoms with Gasteiger partial charge in [-0.05, 0) is 53.7 Å². The summed E-state index contributed by atoms with van der Waals surface area (Å²) in [7, 11) is 0. The molecule has 0 radical (unpaired) electrons. The third-order valence-corrected chi connectivity index (χ3v) is 6.52. The van der Waals surface area contributed by atoms with Crippen molar-refractivity contribution < 1.29 is 9.90 Å². The average molecular weight is 252 g/mol. The molecule has 17 heavy (non-hydrogen) atoms. The summed E-state index contributed by atoms with van der Waals surface area (Å²) in [4.78, 5) is 11.2. The molecule has 0 aliphatic heterocycles. The zero-order valence-electron chi connectivity index (χ0n) is 10.5. The van der Waals surface area contributed by atoms with Crippen molar-refractivity contribution in [1.29, 1.82) is 5.26 Å². The molecular weight excluding hydrogens is 234 g/mol. The number of carbonyl (C=O) groups excluding carboxylic acids is 1. The first kappa shape index (κ1) is 12.8. The summed E-state index contributed by atoms with van der Waals surface area (Å²) in [6, 6.07) is 0. The molecule has 3 nitrogen and oxygen atoms in total. The molecule has 4 unspecified atom stereocenters. The fourth-order valence-electron chi connectivity index (χ4n) is 4.07. The largest absolute Gasteiger partial charge is 0.549 e. The predicted octanol–water partition coefficient (Wildman–Crippen LogP) is 1.78. The fourth-order valence-corrected chi connectivity index (χ4v) is 4.86. The summed E-state index contributed by atoms with van der Waals surface area (Å²) >= 11 is 0.864. The molecule has 2 bridgehead atoms. The summed E-state index contributed by atoms with van der Waals surface area (Å²) in [6.45, 7) is 6.68. The van der Waals surface area contributed by atoms with Crippen molar-refractivity contribution in [1.82, 2.24) is 0 Å². The quantitative estimate of drug-likeness (QED) is 0.718. The lowest BCUT2D eigenvalue weighted by Gasteiger charge is -2.42. The van der Waals surface area contributed by atoms with Crippen molar-refractivity contribution in [3.63, 3.8) is 0 Å². The first-order chi connectivity index (χ1) is 7.84. The van der Waals surface area contributed by atoms with Crippen LogP contribution in [0.5, 0.6) is 0 Å². The Labute approximate surface area is 107 Å². The van der Waals surface area contributed by atoms with E-state index < -0.39 is 11.2 Å². The van der Waals surface area contributed by atoms with Crippen molar-refractivity contribution >= 4 is 17.7 Å². The van der Waals surface area contributed by atoms with Gasteiger partial charge in [-0.15, -0.1) is 0 Å². The second-order valence-electron chi connectivity index (χ2n) is 6.17. The van der Waals surface area contributed by atoms with Crippen LogP contribution in [-0.4, -0.2) is 11.2 Å². The topological polar surface area (TPSA) is 63.9 Å². The molecule has 0 aromatic rings. The summed E-state index contributed by atoms with van der Waals surface area (Å²) in [5.41, 5.74) is 0.216. The number of nitriles is 1. The second kappa shape index (κ2) is 3.91. The lowest BCUT2D eigenvalue weighted by molar-refractivity contribution is -0.306. The highest BCUT2D eigenvalue weighted by atomic mass is 32.2. The third kappa shape index (κ3) is 1.59. The molecule has 2 saturated carbocycles. The zero-order valence-corrected chi connectivity index (χ0v) is 11.3. The van der Waals surface area contributed by atoms with E-state index in [-0.39, 0.29) is 16.7 Å². The van der Waals surface area contributed by atoms with Gasteiger partial charge in [-0.3, -0.25) is 0 Å². The average Bonchev–Trinajstić information content (AvgIpc) is 2.57. The van der Waals surface area contributed by atoms with Gasteiger partial charge in [-0.1, -0.05) is 20.8 Å². The number of hydrogen-bond acceptors (Lipinski definition) is 4. The smallest absolute Gasteiger partial charge is 0.134 e. The minimum absolute atomic E-state index is 0.0340. The number of hydrogen-bond donors (Lipinski definition) is 0. The standard InChI is InChI=1S/C13H19NO2S/c1-12(2)8-4-5-13(12,3)9(6-8)10(11(15)16)17-7-14/h8-10H,4-6H2,1-3H3,(H,15,16)/p-1. The van der Waals surface area contributed by atoms with E-state index in [1.165, 1.54) is 6.42 Å². The van der Waals surface area contributed by atoms with E-state index in [9.17, 15) is 9.90 Å². The molecule has 2 rings (SSSR count). The van der Waals surface area contributed by atoms with E-state index in [2.05, 4.69) is 20.8 Å². The Bertz CT molecular complexity index is 387. The molecule has 0 amide bonds. The number of fused-ring (bicyclic) bond motifs is 2. The van der Waals surface area contributed by atoms with Crippen molar-refractivity contribution in [2.45, 2.75) is 45.3 Å². The Morgan fingerprint density at radius 1 is 1.53 bits per heavy atom. The van der Waals surface area contributed by atoms with Crippen LogP contribution in [0.3, 0.4) is 0 Å². The minimum atomic E-state index is -1.08. The van der Waals surface area contributed by atoms with Gasteiger partial charge in [-0.25, -0.2) is 0 Å². The third-order valence-electron chi connectivity index (χ3n) is 5.64. The highest BCUT2D eigenvalue weighted by Crippen LogP contribution is 2.69. The molecule has 2 aliphatic rings. The number of aliphatic carboxylic acids is 1. The maximum atomic E-state index is 11.2. The lowest BCUT2D eigenvalue weighted by Crippen LogP contribution is -2.45. The van der Waals surface area contributed by atoms with Crippen molar-refractivity contribution in [3.05, 3.63) is 0 Å². The van der Waals surface area contributed by atoms with Gasteiger partial charge in [0.1, 0.15) is 5.40 Å². The van der Waals surface area contributed by atoms with E-state index in [4.69, 9.17) is 5.26 Å². The molecule has 0 heterocycles. The first-order valence-corrected chi connectivity index (χ1v) is 6.98. The normalized spacial score (nSPS) is 39.9. The van der Waals surface area contributed by atoms with Crippen LogP contribution in [0, 0.1) is 33.3 Å². The van der Waals surface area contributed by atoms with Crippen LogP contribution < -0.4 is 5.11 Å². The molecule has 4 heteroatoms. The van der Waals surface area contributed by atoms with Gasteiger partial charge in [0.25, 0.3) is 0 Å². The van der Waals surface area contributed by atoms with Gasteiger partial charge in [0.05, 0.1) is 11.2 Å². The molecule has 94 valence electrons. The number of nitrogens with zero attached hydrogens (tertiary/aromatic N) is 1. The summed E-state index contributed by atoms with van der Waals surface area (Å²) in [5.74, 6) is -0.407. The minimum Gasteiger partial charge on any atom is -0.549 e. The van der Waals surface area contributed by atoms with E-state index in [0.29, 0.717) is 5.92 Å². The Morgan fingerprint density at radius 3 is 2.53 bits per heavy atom. The van der Waals surface area contributed by atoms with E-state index in [1.807, 2.05) is 5.40 Å². The number of carboxylic acids is 1. The van der Waals surface area contributed by atoms with Gasteiger partial charge >= 0.3 is 0 Å². The lowest BCUT2D eigenvalue weighted by atomic mass is 9.66. The van der Waals surface area contributed by atoms with Gasteiger partial charge in [0.15, 0.2) is 0 Å². The number of thiocyanates is 1. The van der Waals surface area contributed by atoms with Gasteiger partial charge < -0.3 is 9.90 Å². The van der Waals surface area contributed by atoms with Gasteiger partial charge in [0, 0.05) is 0 Å². The van der Waals surface area contributed by atoms with Crippen LogP contribution in [0.15, 0.2) is 0 Å². The molecule has 2 fully saturated rings. The summed E-state index contributed by atoms with van der Waals surface area (Å²) in [6.07, 6.45) is 3.19. The highest BCUT2D eigenvalue weighted by Gasteiger charge is 2.62. The maximum absolute atomic E-state index is 11.2. The molecule has 2 aliphatic carbocycles. The maximum Gasteiger partial charge on any atom is 0.134 e. The summed E-state index contributed by atoms with van der Waals surface area (Å²) < 4.78 is 0. The Balaban J connectivity index is 2.31. The Kier molecular flexibility index (Phi) is 2.94. The first-order valence-electron chi connectivity index (χ1n) is 6.10. The SMILES string of the molecule is CC1(C)C2CCC1(C)C(C(SC#N)C(=O)[O-])C2. The van der Waals surface area contributed by atoms with Crippen LogP contribution >= 0.6 is 11.8 Å². The van der Waals surface area contributed by atoms with Crippen LogP contribution in [-0.2, 0) is 4.79 Å². The second-order valence-corrected chi connectivity index (χ2v) is 7.09. The monoisotopic (exact) mass is 252 g/mol. The highest BCUT2D eigenvalue weighted by molar-refractivity contribution is 8.04. The van der Waals surface area contributed by atoms with E-state index in [0.717, 1.165) is 24.6 Å². The summed E-state index contributed by atoms with van der Waals surface area (Å²) in [5, 5.41) is 21.2. The Hall–Kier alpha value is -0.690. The van der Waals surface area contributed by atoms with Crippen LogP contribution in [0.25, 0.3) is 0 Å². The molecule has 0 aromatic heterocycles. The van der Waals surface area contributed by atoms with Crippen LogP contribution in [0.2, 0.25) is 0 Å². The molecule has 0 N–H and O–H groups in total.